The van der Waals surface area contributed by atoms with Crippen molar-refractivity contribution in [2.45, 2.75) is 156 Å². The summed E-state index contributed by atoms with van der Waals surface area (Å²) in [5.74, 6) is 1.93. The minimum atomic E-state index is -0.0711. The van der Waals surface area contributed by atoms with Gasteiger partial charge in [0.15, 0.2) is 0 Å². The van der Waals surface area contributed by atoms with Crippen molar-refractivity contribution in [2.24, 2.45) is 0 Å². The Hall–Kier alpha value is -1.59. The Morgan fingerprint density at radius 2 is 0.697 bits per heavy atom. The van der Waals surface area contributed by atoms with Crippen LogP contribution < -0.4 is 16.0 Å². The standard InChI is InChI=1S/C27H54N6/c1-10-13-16-19-25(4,5)31-22-28-23(32-26(6,7)20-17-14-11-2)30-24(29-22)33-27(8,9)21-18-15-12-3/h10-21H2,1-9H3,(H3,28,29,30,31,32,33). The van der Waals surface area contributed by atoms with Crippen molar-refractivity contribution in [1.82, 2.24) is 15.0 Å². The molecule has 0 radical (unpaired) electrons. The molecule has 0 amide bonds. The van der Waals surface area contributed by atoms with Crippen LogP contribution >= 0.6 is 0 Å². The van der Waals surface area contributed by atoms with Gasteiger partial charge in [0, 0.05) is 16.6 Å². The SMILES string of the molecule is CCCCCC(C)(C)Nc1nc(NC(C)(C)CCCCC)nc(NC(C)(C)CCCCC)n1. The molecular formula is C27H54N6. The number of nitrogens with one attached hydrogen (secondary N) is 3. The topological polar surface area (TPSA) is 74.8 Å². The van der Waals surface area contributed by atoms with Gasteiger partial charge in [-0.1, -0.05) is 78.6 Å². The Bertz CT molecular complexity index is 566. The Kier molecular flexibility index (Phi) is 12.5. The van der Waals surface area contributed by atoms with Crippen LogP contribution in [-0.4, -0.2) is 31.6 Å². The van der Waals surface area contributed by atoms with Gasteiger partial charge in [0.1, 0.15) is 0 Å². The number of rotatable bonds is 18. The van der Waals surface area contributed by atoms with Crippen molar-refractivity contribution in [2.75, 3.05) is 16.0 Å². The van der Waals surface area contributed by atoms with Gasteiger partial charge in [0.05, 0.1) is 0 Å². The average molecular weight is 463 g/mol. The normalized spacial score (nSPS) is 12.6. The van der Waals surface area contributed by atoms with Crippen LogP contribution in [0.2, 0.25) is 0 Å². The van der Waals surface area contributed by atoms with Gasteiger partial charge in [-0.25, -0.2) is 0 Å². The fraction of sp³-hybridized carbons (Fsp3) is 0.889. The molecule has 6 nitrogen and oxygen atoms in total. The molecule has 1 aromatic heterocycles. The van der Waals surface area contributed by atoms with Crippen molar-refractivity contribution >= 4 is 17.8 Å². The molecule has 0 aliphatic rings. The van der Waals surface area contributed by atoms with Crippen molar-refractivity contribution in [3.63, 3.8) is 0 Å². The zero-order valence-electron chi connectivity index (χ0n) is 23.3. The minimum absolute atomic E-state index is 0.0711. The first-order valence-corrected chi connectivity index (χ1v) is 13.5. The number of hydrogen-bond acceptors (Lipinski definition) is 6. The molecule has 0 spiro atoms. The molecule has 0 fully saturated rings. The summed E-state index contributed by atoms with van der Waals surface area (Å²) in [4.78, 5) is 14.3. The van der Waals surface area contributed by atoms with E-state index in [2.05, 4.69) is 78.3 Å². The van der Waals surface area contributed by atoms with Crippen LogP contribution in [0.15, 0.2) is 0 Å². The summed E-state index contributed by atoms with van der Waals surface area (Å²) in [6, 6.07) is 0. The molecule has 0 aliphatic carbocycles. The summed E-state index contributed by atoms with van der Waals surface area (Å²) in [6.45, 7) is 20.1. The Balaban J connectivity index is 3.08. The summed E-state index contributed by atoms with van der Waals surface area (Å²) >= 11 is 0. The first-order chi connectivity index (χ1) is 15.4. The quantitative estimate of drug-likeness (QED) is 0.191. The lowest BCUT2D eigenvalue weighted by atomic mass is 9.97. The molecule has 1 aromatic rings. The van der Waals surface area contributed by atoms with Gasteiger partial charge >= 0.3 is 0 Å². The van der Waals surface area contributed by atoms with Crippen molar-refractivity contribution in [1.29, 1.82) is 0 Å². The number of hydrogen-bond donors (Lipinski definition) is 3. The molecule has 0 saturated heterocycles. The maximum absolute atomic E-state index is 4.78. The zero-order chi connectivity index (χ0) is 25.0. The molecule has 1 heterocycles. The molecule has 192 valence electrons. The van der Waals surface area contributed by atoms with E-state index in [1.165, 1.54) is 57.8 Å². The highest BCUT2D eigenvalue weighted by Gasteiger charge is 2.24. The van der Waals surface area contributed by atoms with Gasteiger partial charge in [-0.05, 0) is 60.8 Å². The summed E-state index contributed by atoms with van der Waals surface area (Å²) in [7, 11) is 0. The molecule has 0 unspecified atom stereocenters. The minimum Gasteiger partial charge on any atom is -0.349 e. The van der Waals surface area contributed by atoms with E-state index in [9.17, 15) is 0 Å². The molecule has 1 rings (SSSR count). The van der Waals surface area contributed by atoms with Gasteiger partial charge in [-0.2, -0.15) is 15.0 Å². The molecule has 6 heteroatoms. The van der Waals surface area contributed by atoms with Gasteiger partial charge in [-0.3, -0.25) is 0 Å². The van der Waals surface area contributed by atoms with Crippen LogP contribution in [-0.2, 0) is 0 Å². The Morgan fingerprint density at radius 1 is 0.455 bits per heavy atom. The van der Waals surface area contributed by atoms with E-state index in [-0.39, 0.29) is 16.6 Å². The first-order valence-electron chi connectivity index (χ1n) is 13.5. The van der Waals surface area contributed by atoms with Crippen LogP contribution in [0.3, 0.4) is 0 Å². The monoisotopic (exact) mass is 462 g/mol. The number of anilines is 3. The summed E-state index contributed by atoms with van der Waals surface area (Å²) in [5, 5.41) is 10.8. The second-order valence-electron chi connectivity index (χ2n) is 11.7. The number of nitrogens with zero attached hydrogens (tertiary/aromatic N) is 3. The number of unbranched alkanes of at least 4 members (excludes halogenated alkanes) is 6. The Labute approximate surface area is 204 Å². The average Bonchev–Trinajstić information content (AvgIpc) is 2.66. The number of aromatic nitrogens is 3. The van der Waals surface area contributed by atoms with Gasteiger partial charge in [0.25, 0.3) is 0 Å². The predicted octanol–water partition coefficient (Wildman–Crippen LogP) is 8.18. The molecule has 0 atom stereocenters. The van der Waals surface area contributed by atoms with Crippen LogP contribution in [0.4, 0.5) is 17.8 Å². The zero-order valence-corrected chi connectivity index (χ0v) is 23.3. The lowest BCUT2D eigenvalue weighted by Crippen LogP contribution is -2.35. The predicted molar refractivity (Wildman–Crippen MR) is 145 cm³/mol. The molecule has 0 saturated carbocycles. The highest BCUT2D eigenvalue weighted by atomic mass is 15.3. The van der Waals surface area contributed by atoms with Crippen LogP contribution in [0, 0.1) is 0 Å². The molecular weight excluding hydrogens is 408 g/mol. The van der Waals surface area contributed by atoms with Crippen molar-refractivity contribution in [3.8, 4) is 0 Å². The van der Waals surface area contributed by atoms with Gasteiger partial charge in [0.2, 0.25) is 17.8 Å². The summed E-state index contributed by atoms with van der Waals surface area (Å²) in [6.07, 6.45) is 14.3. The smallest absolute Gasteiger partial charge is 0.229 e. The summed E-state index contributed by atoms with van der Waals surface area (Å²) < 4.78 is 0. The second kappa shape index (κ2) is 14.0. The van der Waals surface area contributed by atoms with E-state index in [1.807, 2.05) is 0 Å². The van der Waals surface area contributed by atoms with E-state index in [0.717, 1.165) is 19.3 Å². The second-order valence-corrected chi connectivity index (χ2v) is 11.7. The highest BCUT2D eigenvalue weighted by molar-refractivity contribution is 5.45. The van der Waals surface area contributed by atoms with Crippen molar-refractivity contribution in [3.05, 3.63) is 0 Å². The lowest BCUT2D eigenvalue weighted by Gasteiger charge is -2.30. The molecule has 33 heavy (non-hydrogen) atoms. The highest BCUT2D eigenvalue weighted by Crippen LogP contribution is 2.25. The van der Waals surface area contributed by atoms with Crippen LogP contribution in [0.1, 0.15) is 139 Å². The van der Waals surface area contributed by atoms with E-state index in [0.29, 0.717) is 17.8 Å². The van der Waals surface area contributed by atoms with Gasteiger partial charge < -0.3 is 16.0 Å². The van der Waals surface area contributed by atoms with E-state index >= 15 is 0 Å². The van der Waals surface area contributed by atoms with E-state index in [4.69, 9.17) is 15.0 Å². The van der Waals surface area contributed by atoms with Crippen molar-refractivity contribution < 1.29 is 0 Å². The fourth-order valence-corrected chi connectivity index (χ4v) is 4.09. The molecule has 0 bridgehead atoms. The molecule has 0 aliphatic heterocycles. The first kappa shape index (κ1) is 29.4. The maximum atomic E-state index is 4.78. The third-order valence-electron chi connectivity index (χ3n) is 6.20. The largest absolute Gasteiger partial charge is 0.349 e. The third kappa shape index (κ3) is 13.0. The Morgan fingerprint density at radius 3 is 0.909 bits per heavy atom. The van der Waals surface area contributed by atoms with Crippen LogP contribution in [0.25, 0.3) is 0 Å². The third-order valence-corrected chi connectivity index (χ3v) is 6.20. The molecule has 0 aromatic carbocycles. The van der Waals surface area contributed by atoms with E-state index in [1.54, 1.807) is 0 Å². The maximum Gasteiger partial charge on any atom is 0.229 e. The van der Waals surface area contributed by atoms with Crippen LogP contribution in [0.5, 0.6) is 0 Å². The fourth-order valence-electron chi connectivity index (χ4n) is 4.09. The van der Waals surface area contributed by atoms with Gasteiger partial charge in [-0.15, -0.1) is 0 Å². The lowest BCUT2D eigenvalue weighted by molar-refractivity contribution is 0.472. The summed E-state index contributed by atoms with van der Waals surface area (Å²) in [5.41, 5.74) is -0.213. The van der Waals surface area contributed by atoms with E-state index < -0.39 is 0 Å². The molecule has 3 N–H and O–H groups in total.